The van der Waals surface area contributed by atoms with Gasteiger partial charge in [-0.2, -0.15) is 0 Å². The van der Waals surface area contributed by atoms with Gasteiger partial charge in [0.05, 0.1) is 11.6 Å². The first kappa shape index (κ1) is 14.3. The van der Waals surface area contributed by atoms with E-state index >= 15 is 0 Å². The molecule has 0 saturated carbocycles. The summed E-state index contributed by atoms with van der Waals surface area (Å²) in [4.78, 5) is 12.2. The van der Waals surface area contributed by atoms with Crippen molar-refractivity contribution in [3.8, 4) is 0 Å². The van der Waals surface area contributed by atoms with Gasteiger partial charge in [-0.25, -0.2) is 0 Å². The van der Waals surface area contributed by atoms with E-state index in [2.05, 4.69) is 10.5 Å². The van der Waals surface area contributed by atoms with Crippen molar-refractivity contribution in [1.82, 2.24) is 10.5 Å². The Morgan fingerprint density at radius 2 is 2.10 bits per heavy atom. The van der Waals surface area contributed by atoms with Gasteiger partial charge in [0, 0.05) is 19.0 Å². The van der Waals surface area contributed by atoms with Crippen LogP contribution in [0.5, 0.6) is 0 Å². The summed E-state index contributed by atoms with van der Waals surface area (Å²) in [5.41, 5.74) is 1.92. The summed E-state index contributed by atoms with van der Waals surface area (Å²) in [5.74, 6) is 0.776. The molecule has 4 nitrogen and oxygen atoms in total. The second-order valence-corrected chi connectivity index (χ2v) is 4.85. The number of nitrogens with one attached hydrogen (secondary N) is 1. The normalized spacial score (nSPS) is 12.1. The molecule has 0 bridgehead atoms. The van der Waals surface area contributed by atoms with Gasteiger partial charge in [0.2, 0.25) is 5.91 Å². The van der Waals surface area contributed by atoms with E-state index < -0.39 is 0 Å². The molecule has 20 heavy (non-hydrogen) atoms. The summed E-state index contributed by atoms with van der Waals surface area (Å²) in [7, 11) is 0. The van der Waals surface area contributed by atoms with Crippen molar-refractivity contribution in [3.05, 3.63) is 53.4 Å². The molecule has 1 heterocycles. The summed E-state index contributed by atoms with van der Waals surface area (Å²) in [6.07, 6.45) is 1.45. The van der Waals surface area contributed by atoms with E-state index in [0.29, 0.717) is 13.0 Å². The quantitative estimate of drug-likeness (QED) is 0.879. The molecule has 1 aromatic carbocycles. The molecule has 0 aliphatic rings. The molecular weight excluding hydrogens is 252 g/mol. The lowest BCUT2D eigenvalue weighted by Crippen LogP contribution is -2.30. The number of hydrogen-bond acceptors (Lipinski definition) is 3. The molecule has 2 aromatic rings. The van der Waals surface area contributed by atoms with Gasteiger partial charge >= 0.3 is 0 Å². The highest BCUT2D eigenvalue weighted by Crippen LogP contribution is 2.19. The fourth-order valence-electron chi connectivity index (χ4n) is 2.22. The van der Waals surface area contributed by atoms with Crippen molar-refractivity contribution in [2.75, 3.05) is 6.54 Å². The van der Waals surface area contributed by atoms with Gasteiger partial charge in [0.25, 0.3) is 0 Å². The number of aryl methyl sites for hydroxylation is 1. The second-order valence-electron chi connectivity index (χ2n) is 4.85. The summed E-state index contributed by atoms with van der Waals surface area (Å²) in [6.45, 7) is 4.47. The van der Waals surface area contributed by atoms with E-state index in [1.807, 2.05) is 50.2 Å². The Balaban J connectivity index is 1.87. The molecular formula is C16H20N2O2. The zero-order valence-corrected chi connectivity index (χ0v) is 11.9. The Bertz CT molecular complexity index is 549. The maximum Gasteiger partial charge on any atom is 0.227 e. The number of nitrogens with zero attached hydrogens (tertiary/aromatic N) is 1. The molecule has 0 aliphatic heterocycles. The maximum absolute atomic E-state index is 12.2. The highest BCUT2D eigenvalue weighted by molar-refractivity contribution is 5.83. The first-order valence-corrected chi connectivity index (χ1v) is 6.95. The fraction of sp³-hybridized carbons (Fsp3) is 0.375. The van der Waals surface area contributed by atoms with Gasteiger partial charge in [0.1, 0.15) is 5.76 Å². The molecule has 4 heteroatoms. The third-order valence-electron chi connectivity index (χ3n) is 3.27. The van der Waals surface area contributed by atoms with Crippen molar-refractivity contribution in [3.63, 3.8) is 0 Å². The fourth-order valence-corrected chi connectivity index (χ4v) is 2.22. The van der Waals surface area contributed by atoms with Crippen molar-refractivity contribution < 1.29 is 9.32 Å². The molecule has 0 spiro atoms. The number of carbonyl (C=O) groups excluding carboxylic acids is 1. The number of benzene rings is 1. The molecule has 0 fully saturated rings. The largest absolute Gasteiger partial charge is 0.361 e. The minimum atomic E-state index is -0.0901. The minimum Gasteiger partial charge on any atom is -0.361 e. The molecule has 0 radical (unpaired) electrons. The van der Waals surface area contributed by atoms with E-state index in [1.165, 1.54) is 0 Å². The average Bonchev–Trinajstić information content (AvgIpc) is 2.86. The topological polar surface area (TPSA) is 55.1 Å². The van der Waals surface area contributed by atoms with E-state index in [1.54, 1.807) is 0 Å². The first-order chi connectivity index (χ1) is 9.70. The van der Waals surface area contributed by atoms with Crippen LogP contribution in [0.15, 0.2) is 40.9 Å². The molecule has 0 saturated heterocycles. The number of carbonyl (C=O) groups is 1. The van der Waals surface area contributed by atoms with Gasteiger partial charge in [-0.15, -0.1) is 0 Å². The van der Waals surface area contributed by atoms with Crippen LogP contribution in [0.2, 0.25) is 0 Å². The number of aromatic nitrogens is 1. The average molecular weight is 272 g/mol. The van der Waals surface area contributed by atoms with E-state index in [9.17, 15) is 4.79 Å². The molecule has 1 aromatic heterocycles. The Hall–Kier alpha value is -2.10. The Morgan fingerprint density at radius 1 is 1.35 bits per heavy atom. The Morgan fingerprint density at radius 3 is 2.70 bits per heavy atom. The third kappa shape index (κ3) is 3.70. The predicted octanol–water partition coefficient (Wildman–Crippen LogP) is 2.84. The standard InChI is InChI=1S/C16H20N2O2/c1-3-15(13-7-5-4-6-8-13)16(19)17-10-9-14-11-12(2)18-20-14/h4-8,11,15H,3,9-10H2,1-2H3,(H,17,19). The smallest absolute Gasteiger partial charge is 0.227 e. The van der Waals surface area contributed by atoms with Crippen molar-refractivity contribution in [2.45, 2.75) is 32.6 Å². The van der Waals surface area contributed by atoms with Crippen molar-refractivity contribution in [2.24, 2.45) is 0 Å². The van der Waals surface area contributed by atoms with Gasteiger partial charge in [-0.1, -0.05) is 42.4 Å². The highest BCUT2D eigenvalue weighted by atomic mass is 16.5. The molecule has 1 unspecified atom stereocenters. The van der Waals surface area contributed by atoms with E-state index in [0.717, 1.165) is 23.4 Å². The first-order valence-electron chi connectivity index (χ1n) is 6.95. The van der Waals surface area contributed by atoms with E-state index in [-0.39, 0.29) is 11.8 Å². The summed E-state index contributed by atoms with van der Waals surface area (Å²) < 4.78 is 5.12. The lowest BCUT2D eigenvalue weighted by Gasteiger charge is -2.15. The zero-order chi connectivity index (χ0) is 14.4. The van der Waals surface area contributed by atoms with Gasteiger partial charge in [0.15, 0.2) is 0 Å². The van der Waals surface area contributed by atoms with Crippen LogP contribution in [0.25, 0.3) is 0 Å². The van der Waals surface area contributed by atoms with Crippen LogP contribution in [0.1, 0.15) is 36.3 Å². The number of amides is 1. The van der Waals surface area contributed by atoms with Crippen LogP contribution in [0.3, 0.4) is 0 Å². The van der Waals surface area contributed by atoms with Gasteiger partial charge in [-0.3, -0.25) is 4.79 Å². The van der Waals surface area contributed by atoms with Crippen LogP contribution in [0, 0.1) is 6.92 Å². The monoisotopic (exact) mass is 272 g/mol. The molecule has 0 aliphatic carbocycles. The lowest BCUT2D eigenvalue weighted by atomic mass is 9.96. The van der Waals surface area contributed by atoms with Crippen molar-refractivity contribution >= 4 is 5.91 Å². The summed E-state index contributed by atoms with van der Waals surface area (Å²) in [6, 6.07) is 11.8. The van der Waals surface area contributed by atoms with Crippen LogP contribution >= 0.6 is 0 Å². The second kappa shape index (κ2) is 6.89. The number of hydrogen-bond donors (Lipinski definition) is 1. The maximum atomic E-state index is 12.2. The third-order valence-corrected chi connectivity index (χ3v) is 3.27. The van der Waals surface area contributed by atoms with Gasteiger partial charge < -0.3 is 9.84 Å². The molecule has 106 valence electrons. The Labute approximate surface area is 119 Å². The Kier molecular flexibility index (Phi) is 4.93. The lowest BCUT2D eigenvalue weighted by molar-refractivity contribution is -0.122. The van der Waals surface area contributed by atoms with E-state index in [4.69, 9.17) is 4.52 Å². The zero-order valence-electron chi connectivity index (χ0n) is 11.9. The minimum absolute atomic E-state index is 0.0648. The highest BCUT2D eigenvalue weighted by Gasteiger charge is 2.17. The molecule has 1 amide bonds. The SMILES string of the molecule is CCC(C(=O)NCCc1cc(C)no1)c1ccccc1. The van der Waals surface area contributed by atoms with Crippen molar-refractivity contribution in [1.29, 1.82) is 0 Å². The van der Waals surface area contributed by atoms with Crippen LogP contribution < -0.4 is 5.32 Å². The van der Waals surface area contributed by atoms with Crippen LogP contribution in [-0.2, 0) is 11.2 Å². The van der Waals surface area contributed by atoms with Crippen LogP contribution in [-0.4, -0.2) is 17.6 Å². The molecule has 2 rings (SSSR count). The molecule has 1 N–H and O–H groups in total. The number of rotatable bonds is 6. The van der Waals surface area contributed by atoms with Crippen LogP contribution in [0.4, 0.5) is 0 Å². The molecule has 1 atom stereocenters. The van der Waals surface area contributed by atoms with Gasteiger partial charge in [-0.05, 0) is 18.9 Å². The summed E-state index contributed by atoms with van der Waals surface area (Å²) in [5, 5.41) is 6.79. The predicted molar refractivity (Wildman–Crippen MR) is 77.4 cm³/mol. The summed E-state index contributed by atoms with van der Waals surface area (Å²) >= 11 is 0.